The third-order valence-electron chi connectivity index (χ3n) is 3.79. The summed E-state index contributed by atoms with van der Waals surface area (Å²) in [6, 6.07) is 0. The smallest absolute Gasteiger partial charge is 0.238 e. The van der Waals surface area contributed by atoms with Crippen LogP contribution in [0.3, 0.4) is 0 Å². The monoisotopic (exact) mass is 218 g/mol. The van der Waals surface area contributed by atoms with Crippen LogP contribution in [0.5, 0.6) is 0 Å². The molecule has 0 unspecified atom stereocenters. The van der Waals surface area contributed by atoms with Crippen LogP contribution in [0.25, 0.3) is 0 Å². The standard InChI is InChI=1S/C11H14N4O/c1-15-8-7(6-13-10(12)14-8)11(9(15)16)4-2-3-5-11/h6H,2-5H2,1H3,(H2,12,13,14). The van der Waals surface area contributed by atoms with E-state index in [1.54, 1.807) is 18.1 Å². The molecule has 0 saturated heterocycles. The molecule has 0 atom stereocenters. The lowest BCUT2D eigenvalue weighted by atomic mass is 9.81. The number of nitrogens with zero attached hydrogens (tertiary/aromatic N) is 3. The largest absolute Gasteiger partial charge is 0.368 e. The number of likely N-dealkylation sites (N-methyl/N-ethyl adjacent to an activating group) is 1. The average Bonchev–Trinajstić information content (AvgIpc) is 2.83. The molecule has 1 saturated carbocycles. The Hall–Kier alpha value is -1.65. The van der Waals surface area contributed by atoms with Gasteiger partial charge in [-0.2, -0.15) is 4.98 Å². The first-order valence-electron chi connectivity index (χ1n) is 5.56. The Bertz CT molecular complexity index is 465. The summed E-state index contributed by atoms with van der Waals surface area (Å²) in [5.41, 5.74) is 6.18. The van der Waals surface area contributed by atoms with Gasteiger partial charge in [0.2, 0.25) is 11.9 Å². The van der Waals surface area contributed by atoms with Crippen molar-refractivity contribution in [2.24, 2.45) is 0 Å². The van der Waals surface area contributed by atoms with Crippen molar-refractivity contribution in [3.8, 4) is 0 Å². The van der Waals surface area contributed by atoms with E-state index in [-0.39, 0.29) is 17.3 Å². The number of hydrogen-bond acceptors (Lipinski definition) is 4. The molecule has 1 aromatic rings. The summed E-state index contributed by atoms with van der Waals surface area (Å²) in [5, 5.41) is 0. The SMILES string of the molecule is CN1C(=O)C2(CCCC2)c2cnc(N)nc21. The Kier molecular flexibility index (Phi) is 1.75. The molecule has 84 valence electrons. The number of rotatable bonds is 0. The summed E-state index contributed by atoms with van der Waals surface area (Å²) in [6.07, 6.45) is 5.75. The van der Waals surface area contributed by atoms with E-state index in [4.69, 9.17) is 5.73 Å². The van der Waals surface area contributed by atoms with Gasteiger partial charge < -0.3 is 5.73 Å². The minimum Gasteiger partial charge on any atom is -0.368 e. The summed E-state index contributed by atoms with van der Waals surface area (Å²) >= 11 is 0. The van der Waals surface area contributed by atoms with Crippen molar-refractivity contribution in [2.45, 2.75) is 31.1 Å². The molecular formula is C11H14N4O. The lowest BCUT2D eigenvalue weighted by Gasteiger charge is -2.20. The Morgan fingerprint density at radius 1 is 1.44 bits per heavy atom. The number of anilines is 2. The average molecular weight is 218 g/mol. The number of amides is 1. The molecule has 1 amide bonds. The van der Waals surface area contributed by atoms with Gasteiger partial charge in [0.25, 0.3) is 0 Å². The highest BCUT2D eigenvalue weighted by Gasteiger charge is 2.52. The lowest BCUT2D eigenvalue weighted by Crippen LogP contribution is -2.36. The zero-order valence-electron chi connectivity index (χ0n) is 9.23. The van der Waals surface area contributed by atoms with Crippen LogP contribution in [0.15, 0.2) is 6.20 Å². The van der Waals surface area contributed by atoms with Gasteiger partial charge in [-0.05, 0) is 12.8 Å². The van der Waals surface area contributed by atoms with Crippen LogP contribution < -0.4 is 10.6 Å². The van der Waals surface area contributed by atoms with Gasteiger partial charge in [0, 0.05) is 18.8 Å². The van der Waals surface area contributed by atoms with Crippen LogP contribution in [0.4, 0.5) is 11.8 Å². The van der Waals surface area contributed by atoms with Gasteiger partial charge in [-0.3, -0.25) is 9.69 Å². The van der Waals surface area contributed by atoms with E-state index in [1.807, 2.05) is 0 Å². The second-order valence-corrected chi connectivity index (χ2v) is 4.62. The van der Waals surface area contributed by atoms with E-state index in [1.165, 1.54) is 0 Å². The van der Waals surface area contributed by atoms with Crippen molar-refractivity contribution in [1.82, 2.24) is 9.97 Å². The fraction of sp³-hybridized carbons (Fsp3) is 0.545. The van der Waals surface area contributed by atoms with Gasteiger partial charge in [-0.25, -0.2) is 4.98 Å². The van der Waals surface area contributed by atoms with Gasteiger partial charge in [0.15, 0.2) is 0 Å². The van der Waals surface area contributed by atoms with Gasteiger partial charge in [-0.1, -0.05) is 12.8 Å². The number of fused-ring (bicyclic) bond motifs is 2. The van der Waals surface area contributed by atoms with Crippen molar-refractivity contribution in [3.63, 3.8) is 0 Å². The van der Waals surface area contributed by atoms with E-state index in [9.17, 15) is 4.79 Å². The Morgan fingerprint density at radius 3 is 2.81 bits per heavy atom. The molecule has 2 N–H and O–H groups in total. The maximum absolute atomic E-state index is 12.3. The quantitative estimate of drug-likeness (QED) is 0.700. The Balaban J connectivity index is 2.22. The number of nitrogens with two attached hydrogens (primary N) is 1. The molecule has 3 rings (SSSR count). The molecule has 1 aliphatic heterocycles. The number of carbonyl (C=O) groups is 1. The topological polar surface area (TPSA) is 72.1 Å². The van der Waals surface area contributed by atoms with Gasteiger partial charge in [-0.15, -0.1) is 0 Å². The molecule has 0 radical (unpaired) electrons. The Labute approximate surface area is 93.7 Å². The van der Waals surface area contributed by atoms with E-state index >= 15 is 0 Å². The first kappa shape index (κ1) is 9.57. The molecule has 5 nitrogen and oxygen atoms in total. The lowest BCUT2D eigenvalue weighted by molar-refractivity contribution is -0.122. The number of hydrogen-bond donors (Lipinski definition) is 1. The molecule has 0 bridgehead atoms. The maximum Gasteiger partial charge on any atom is 0.238 e. The highest BCUT2D eigenvalue weighted by atomic mass is 16.2. The highest BCUT2D eigenvalue weighted by molar-refractivity contribution is 6.06. The third kappa shape index (κ3) is 0.977. The second-order valence-electron chi connectivity index (χ2n) is 4.62. The molecule has 1 aliphatic carbocycles. The van der Waals surface area contributed by atoms with E-state index in [0.717, 1.165) is 31.2 Å². The summed E-state index contributed by atoms with van der Waals surface area (Å²) in [4.78, 5) is 22.1. The van der Waals surface area contributed by atoms with Gasteiger partial charge in [0.1, 0.15) is 5.82 Å². The van der Waals surface area contributed by atoms with Gasteiger partial charge >= 0.3 is 0 Å². The molecule has 5 heteroatoms. The summed E-state index contributed by atoms with van der Waals surface area (Å²) < 4.78 is 0. The van der Waals surface area contributed by atoms with Crippen molar-refractivity contribution < 1.29 is 4.79 Å². The maximum atomic E-state index is 12.3. The molecule has 1 fully saturated rings. The normalized spacial score (nSPS) is 21.8. The van der Waals surface area contributed by atoms with Gasteiger partial charge in [0.05, 0.1) is 5.41 Å². The fourth-order valence-electron chi connectivity index (χ4n) is 2.97. The van der Waals surface area contributed by atoms with Crippen LogP contribution in [-0.2, 0) is 10.2 Å². The van der Waals surface area contributed by atoms with Crippen molar-refractivity contribution >= 4 is 17.7 Å². The zero-order chi connectivity index (χ0) is 11.3. The predicted octanol–water partition coefficient (Wildman–Crippen LogP) is 0.847. The number of aromatic nitrogens is 2. The highest BCUT2D eigenvalue weighted by Crippen LogP contribution is 2.49. The van der Waals surface area contributed by atoms with Crippen molar-refractivity contribution in [2.75, 3.05) is 17.7 Å². The molecule has 1 spiro atoms. The van der Waals surface area contributed by atoms with E-state index in [2.05, 4.69) is 9.97 Å². The summed E-state index contributed by atoms with van der Waals surface area (Å²) in [5.74, 6) is 1.08. The fourth-order valence-corrected chi connectivity index (χ4v) is 2.97. The minimum absolute atomic E-state index is 0.153. The van der Waals surface area contributed by atoms with Crippen LogP contribution in [-0.4, -0.2) is 22.9 Å². The summed E-state index contributed by atoms with van der Waals surface area (Å²) in [6.45, 7) is 0. The Morgan fingerprint density at radius 2 is 2.12 bits per heavy atom. The predicted molar refractivity (Wildman–Crippen MR) is 60.0 cm³/mol. The van der Waals surface area contributed by atoms with E-state index < -0.39 is 0 Å². The molecule has 2 aliphatic rings. The first-order valence-corrected chi connectivity index (χ1v) is 5.56. The third-order valence-corrected chi connectivity index (χ3v) is 3.79. The molecule has 16 heavy (non-hydrogen) atoms. The molecule has 0 aromatic carbocycles. The minimum atomic E-state index is -0.349. The molecule has 2 heterocycles. The van der Waals surface area contributed by atoms with Crippen molar-refractivity contribution in [1.29, 1.82) is 0 Å². The second kappa shape index (κ2) is 2.93. The van der Waals surface area contributed by atoms with Crippen LogP contribution in [0.2, 0.25) is 0 Å². The van der Waals surface area contributed by atoms with Crippen LogP contribution in [0, 0.1) is 0 Å². The molecule has 1 aromatic heterocycles. The first-order chi connectivity index (χ1) is 7.65. The van der Waals surface area contributed by atoms with Crippen LogP contribution >= 0.6 is 0 Å². The van der Waals surface area contributed by atoms with E-state index in [0.29, 0.717) is 5.82 Å². The summed E-state index contributed by atoms with van der Waals surface area (Å²) in [7, 11) is 1.76. The van der Waals surface area contributed by atoms with Crippen molar-refractivity contribution in [3.05, 3.63) is 11.8 Å². The van der Waals surface area contributed by atoms with Crippen LogP contribution in [0.1, 0.15) is 31.2 Å². The molecular weight excluding hydrogens is 204 g/mol. The number of nitrogen functional groups attached to an aromatic ring is 1. The zero-order valence-corrected chi connectivity index (χ0v) is 9.23. The number of carbonyl (C=O) groups excluding carboxylic acids is 1.